The fourth-order valence-electron chi connectivity index (χ4n) is 0.835. The van der Waals surface area contributed by atoms with Crippen LogP contribution in [-0.2, 0) is 0 Å². The second-order valence-electron chi connectivity index (χ2n) is 2.43. The summed E-state index contributed by atoms with van der Waals surface area (Å²) in [6, 6.07) is 1.48. The molecule has 0 aliphatic rings. The lowest BCUT2D eigenvalue weighted by Crippen LogP contribution is -1.97. The number of aromatic nitrogens is 1. The number of rotatable bonds is 2. The van der Waals surface area contributed by atoms with E-state index in [-0.39, 0.29) is 0 Å². The zero-order valence-electron chi connectivity index (χ0n) is 6.49. The summed E-state index contributed by atoms with van der Waals surface area (Å²) in [5.41, 5.74) is 0.798. The molecule has 1 aromatic heterocycles. The van der Waals surface area contributed by atoms with Crippen molar-refractivity contribution in [1.82, 2.24) is 4.98 Å². The van der Waals surface area contributed by atoms with E-state index in [0.29, 0.717) is 22.6 Å². The van der Waals surface area contributed by atoms with E-state index in [1.165, 1.54) is 12.3 Å². The van der Waals surface area contributed by atoms with Crippen LogP contribution in [0.2, 0.25) is 5.02 Å². The Labute approximate surface area is 75.0 Å². The maximum absolute atomic E-state index is 10.3. The van der Waals surface area contributed by atoms with Gasteiger partial charge in [0.1, 0.15) is 0 Å². The maximum Gasteiger partial charge on any atom is 0.151 e. The molecule has 0 aromatic carbocycles. The van der Waals surface area contributed by atoms with Gasteiger partial charge in [-0.05, 0) is 13.0 Å². The zero-order valence-corrected chi connectivity index (χ0v) is 7.25. The minimum absolute atomic E-state index is 0.314. The molecule has 1 aromatic rings. The second-order valence-corrected chi connectivity index (χ2v) is 2.84. The summed E-state index contributed by atoms with van der Waals surface area (Å²) < 4.78 is 0. The lowest BCUT2D eigenvalue weighted by atomic mass is 10.2. The molecular weight excluding hydrogens is 178 g/mol. The van der Waals surface area contributed by atoms with E-state index in [2.05, 4.69) is 4.98 Å². The number of halogens is 1. The van der Waals surface area contributed by atoms with Crippen LogP contribution < -0.4 is 0 Å². The van der Waals surface area contributed by atoms with Crippen LogP contribution in [0.4, 0.5) is 0 Å². The summed E-state index contributed by atoms with van der Waals surface area (Å²) in [6.07, 6.45) is 1.32. The number of hydrogen-bond donors (Lipinski definition) is 1. The van der Waals surface area contributed by atoms with Crippen molar-refractivity contribution in [2.45, 2.75) is 13.0 Å². The van der Waals surface area contributed by atoms with Gasteiger partial charge in [0.15, 0.2) is 6.29 Å². The van der Waals surface area contributed by atoms with Crippen LogP contribution in [0.5, 0.6) is 0 Å². The summed E-state index contributed by atoms with van der Waals surface area (Å²) in [6.45, 7) is 1.56. The van der Waals surface area contributed by atoms with Gasteiger partial charge in [-0.2, -0.15) is 0 Å². The number of hydrogen-bond acceptors (Lipinski definition) is 3. The van der Waals surface area contributed by atoms with Crippen molar-refractivity contribution < 1.29 is 9.90 Å². The Morgan fingerprint density at radius 1 is 1.75 bits per heavy atom. The van der Waals surface area contributed by atoms with Gasteiger partial charge < -0.3 is 5.11 Å². The van der Waals surface area contributed by atoms with Gasteiger partial charge in [-0.25, -0.2) is 0 Å². The first kappa shape index (κ1) is 9.16. The number of aldehydes is 1. The predicted octanol–water partition coefficient (Wildman–Crippen LogP) is 1.60. The summed E-state index contributed by atoms with van der Waals surface area (Å²) >= 11 is 5.72. The Bertz CT molecular complexity index is 299. The van der Waals surface area contributed by atoms with E-state index in [1.807, 2.05) is 0 Å². The summed E-state index contributed by atoms with van der Waals surface area (Å²) in [5.74, 6) is 0. The number of aliphatic hydroxyl groups excluding tert-OH is 1. The molecule has 0 saturated carbocycles. The van der Waals surface area contributed by atoms with E-state index in [4.69, 9.17) is 16.7 Å². The summed E-state index contributed by atoms with van der Waals surface area (Å²) in [5, 5.41) is 9.45. The molecule has 0 radical (unpaired) electrons. The van der Waals surface area contributed by atoms with Gasteiger partial charge in [0.25, 0.3) is 0 Å². The van der Waals surface area contributed by atoms with Crippen LogP contribution in [0.15, 0.2) is 12.3 Å². The Morgan fingerprint density at radius 2 is 2.42 bits per heavy atom. The molecule has 0 aliphatic carbocycles. The number of nitrogens with zero attached hydrogens (tertiary/aromatic N) is 1. The maximum atomic E-state index is 10.3. The van der Waals surface area contributed by atoms with Gasteiger partial charge in [0.2, 0.25) is 0 Å². The molecule has 12 heavy (non-hydrogen) atoms. The molecule has 64 valence electrons. The fourth-order valence-corrected chi connectivity index (χ4v) is 1.17. The van der Waals surface area contributed by atoms with E-state index in [0.717, 1.165) is 0 Å². The standard InChI is InChI=1S/C8H8ClNO2/c1-5(12)8-7(9)2-6(4-11)3-10-8/h2-5,12H,1H3/t5-/m0/s1. The highest BCUT2D eigenvalue weighted by Gasteiger charge is 2.07. The first-order valence-corrected chi connectivity index (χ1v) is 3.81. The van der Waals surface area contributed by atoms with E-state index >= 15 is 0 Å². The molecule has 0 unspecified atom stereocenters. The Balaban J connectivity index is 3.11. The van der Waals surface area contributed by atoms with E-state index in [9.17, 15) is 4.79 Å². The lowest BCUT2D eigenvalue weighted by Gasteiger charge is -2.05. The second kappa shape index (κ2) is 3.65. The first-order chi connectivity index (χ1) is 5.65. The molecule has 1 atom stereocenters. The van der Waals surface area contributed by atoms with Gasteiger partial charge in [-0.15, -0.1) is 0 Å². The van der Waals surface area contributed by atoms with Crippen molar-refractivity contribution in [2.75, 3.05) is 0 Å². The fraction of sp³-hybridized carbons (Fsp3) is 0.250. The largest absolute Gasteiger partial charge is 0.387 e. The molecule has 1 N–H and O–H groups in total. The Morgan fingerprint density at radius 3 is 2.83 bits per heavy atom. The molecule has 0 bridgehead atoms. The van der Waals surface area contributed by atoms with Crippen LogP contribution >= 0.6 is 11.6 Å². The van der Waals surface area contributed by atoms with Gasteiger partial charge >= 0.3 is 0 Å². The predicted molar refractivity (Wildman–Crippen MR) is 45.3 cm³/mol. The third-order valence-electron chi connectivity index (χ3n) is 1.42. The minimum atomic E-state index is -0.710. The molecule has 0 saturated heterocycles. The van der Waals surface area contributed by atoms with Crippen LogP contribution in [0.3, 0.4) is 0 Å². The molecule has 3 nitrogen and oxygen atoms in total. The highest BCUT2D eigenvalue weighted by Crippen LogP contribution is 2.20. The van der Waals surface area contributed by atoms with Gasteiger partial charge in [0.05, 0.1) is 16.8 Å². The Hall–Kier alpha value is -0.930. The normalized spacial score (nSPS) is 12.6. The summed E-state index contributed by atoms with van der Waals surface area (Å²) in [4.78, 5) is 14.1. The van der Waals surface area contributed by atoms with Crippen molar-refractivity contribution >= 4 is 17.9 Å². The van der Waals surface area contributed by atoms with Crippen LogP contribution in [0.25, 0.3) is 0 Å². The van der Waals surface area contributed by atoms with Crippen LogP contribution in [-0.4, -0.2) is 16.4 Å². The molecule has 0 aliphatic heterocycles. The van der Waals surface area contributed by atoms with Crippen LogP contribution in [0.1, 0.15) is 29.1 Å². The van der Waals surface area contributed by atoms with Gasteiger partial charge in [0, 0.05) is 11.8 Å². The molecule has 0 spiro atoms. The highest BCUT2D eigenvalue weighted by atomic mass is 35.5. The molecule has 0 fully saturated rings. The Kier molecular flexibility index (Phi) is 2.78. The van der Waals surface area contributed by atoms with E-state index in [1.54, 1.807) is 6.92 Å². The third-order valence-corrected chi connectivity index (χ3v) is 1.73. The minimum Gasteiger partial charge on any atom is -0.387 e. The zero-order chi connectivity index (χ0) is 9.14. The average molecular weight is 186 g/mol. The number of pyridine rings is 1. The van der Waals surface area contributed by atoms with Crippen molar-refractivity contribution in [3.05, 3.63) is 28.5 Å². The smallest absolute Gasteiger partial charge is 0.151 e. The van der Waals surface area contributed by atoms with Gasteiger partial charge in [-0.1, -0.05) is 11.6 Å². The highest BCUT2D eigenvalue weighted by molar-refractivity contribution is 6.31. The quantitative estimate of drug-likeness (QED) is 0.712. The average Bonchev–Trinajstić information content (AvgIpc) is 2.03. The van der Waals surface area contributed by atoms with Crippen molar-refractivity contribution in [1.29, 1.82) is 0 Å². The number of carbonyl (C=O) groups is 1. The molecule has 4 heteroatoms. The lowest BCUT2D eigenvalue weighted by molar-refractivity contribution is 0.112. The monoisotopic (exact) mass is 185 g/mol. The van der Waals surface area contributed by atoms with Crippen molar-refractivity contribution in [3.8, 4) is 0 Å². The van der Waals surface area contributed by atoms with Crippen LogP contribution in [0, 0.1) is 0 Å². The third kappa shape index (κ3) is 1.81. The molecule has 0 amide bonds. The molecular formula is C8H8ClNO2. The van der Waals surface area contributed by atoms with Crippen molar-refractivity contribution in [3.63, 3.8) is 0 Å². The van der Waals surface area contributed by atoms with E-state index < -0.39 is 6.10 Å². The number of aliphatic hydroxyl groups is 1. The van der Waals surface area contributed by atoms with Crippen molar-refractivity contribution in [2.24, 2.45) is 0 Å². The molecule has 1 rings (SSSR count). The SMILES string of the molecule is C[C@H](O)c1ncc(C=O)cc1Cl. The topological polar surface area (TPSA) is 50.2 Å². The molecule has 1 heterocycles. The summed E-state index contributed by atoms with van der Waals surface area (Å²) in [7, 11) is 0. The first-order valence-electron chi connectivity index (χ1n) is 3.44. The van der Waals surface area contributed by atoms with Gasteiger partial charge in [-0.3, -0.25) is 9.78 Å². The number of carbonyl (C=O) groups excluding carboxylic acids is 1.